The van der Waals surface area contributed by atoms with E-state index in [0.29, 0.717) is 23.7 Å². The van der Waals surface area contributed by atoms with E-state index in [1.54, 1.807) is 0 Å². The predicted octanol–water partition coefficient (Wildman–Crippen LogP) is 3.81. The fourth-order valence-electron chi connectivity index (χ4n) is 2.86. The fraction of sp³-hybridized carbons (Fsp3) is 0.895. The average Bonchev–Trinajstić information content (AvgIpc) is 2.40. The van der Waals surface area contributed by atoms with Crippen molar-refractivity contribution in [3.05, 3.63) is 0 Å². The summed E-state index contributed by atoms with van der Waals surface area (Å²) in [6, 6.07) is 0. The van der Waals surface area contributed by atoms with Crippen molar-refractivity contribution in [3.63, 3.8) is 0 Å². The molecule has 2 amide bonds. The topological polar surface area (TPSA) is 58.2 Å². The van der Waals surface area contributed by atoms with Crippen LogP contribution in [0.2, 0.25) is 0 Å². The third kappa shape index (κ3) is 8.97. The minimum Gasteiger partial charge on any atom is -0.338 e. The molecule has 0 fully saturated rings. The second kappa shape index (κ2) is 10.7. The van der Waals surface area contributed by atoms with E-state index in [-0.39, 0.29) is 30.3 Å². The maximum Gasteiger partial charge on any atom is 0.224 e. The first kappa shape index (κ1) is 21.9. The molecule has 0 spiro atoms. The van der Waals surface area contributed by atoms with Crippen molar-refractivity contribution < 1.29 is 9.59 Å². The molecule has 4 heteroatoms. The number of carbonyl (C=O) groups is 2. The number of hydrogen-bond donors (Lipinski definition) is 2. The number of amides is 2. The normalized spacial score (nSPS) is 14.4. The van der Waals surface area contributed by atoms with Gasteiger partial charge in [0.1, 0.15) is 0 Å². The summed E-state index contributed by atoms with van der Waals surface area (Å²) in [4.78, 5) is 24.6. The highest BCUT2D eigenvalue weighted by Gasteiger charge is 2.25. The van der Waals surface area contributed by atoms with Gasteiger partial charge < -0.3 is 10.6 Å². The summed E-state index contributed by atoms with van der Waals surface area (Å²) >= 11 is 0. The molecule has 0 radical (unpaired) electrons. The fourth-order valence-corrected chi connectivity index (χ4v) is 2.86. The monoisotopic (exact) mass is 326 g/mol. The van der Waals surface area contributed by atoms with Crippen LogP contribution in [0, 0.1) is 35.5 Å². The Labute approximate surface area is 143 Å². The van der Waals surface area contributed by atoms with E-state index in [0.717, 1.165) is 12.8 Å². The Hall–Kier alpha value is -1.06. The van der Waals surface area contributed by atoms with E-state index in [1.807, 2.05) is 0 Å². The van der Waals surface area contributed by atoms with Gasteiger partial charge >= 0.3 is 0 Å². The second-order valence-corrected chi connectivity index (χ2v) is 8.22. The van der Waals surface area contributed by atoms with Crippen LogP contribution < -0.4 is 10.6 Å². The molecule has 0 aromatic carbocycles. The third-order valence-corrected chi connectivity index (χ3v) is 4.26. The highest BCUT2D eigenvalue weighted by atomic mass is 16.2. The Morgan fingerprint density at radius 1 is 0.652 bits per heavy atom. The summed E-state index contributed by atoms with van der Waals surface area (Å²) in [6.45, 7) is 17.0. The molecule has 136 valence electrons. The predicted molar refractivity (Wildman–Crippen MR) is 96.7 cm³/mol. The first-order valence-corrected chi connectivity index (χ1v) is 9.11. The van der Waals surface area contributed by atoms with Gasteiger partial charge in [0.2, 0.25) is 11.8 Å². The molecular formula is C19H38N2O2. The zero-order valence-electron chi connectivity index (χ0n) is 16.4. The van der Waals surface area contributed by atoms with Crippen molar-refractivity contribution in [1.82, 2.24) is 10.6 Å². The molecule has 0 aliphatic carbocycles. The highest BCUT2D eigenvalue weighted by molar-refractivity contribution is 5.81. The molecule has 0 bridgehead atoms. The maximum absolute atomic E-state index is 12.3. The quantitative estimate of drug-likeness (QED) is 0.600. The molecule has 2 N–H and O–H groups in total. The highest BCUT2D eigenvalue weighted by Crippen LogP contribution is 2.21. The van der Waals surface area contributed by atoms with E-state index in [1.165, 1.54) is 0 Å². The van der Waals surface area contributed by atoms with Gasteiger partial charge in [0, 0.05) is 11.8 Å². The first-order valence-electron chi connectivity index (χ1n) is 9.11. The summed E-state index contributed by atoms with van der Waals surface area (Å²) in [5.41, 5.74) is 0. The lowest BCUT2D eigenvalue weighted by Crippen LogP contribution is -2.44. The van der Waals surface area contributed by atoms with Gasteiger partial charge in [-0.15, -0.1) is 0 Å². The minimum atomic E-state index is 0.00321. The van der Waals surface area contributed by atoms with Crippen molar-refractivity contribution in [1.29, 1.82) is 0 Å². The molecule has 0 heterocycles. The van der Waals surface area contributed by atoms with Crippen molar-refractivity contribution in [2.24, 2.45) is 35.5 Å². The molecule has 2 atom stereocenters. The van der Waals surface area contributed by atoms with Crippen LogP contribution in [0.1, 0.15) is 68.2 Å². The van der Waals surface area contributed by atoms with E-state index < -0.39 is 0 Å². The molecule has 0 rings (SSSR count). The SMILES string of the molecule is CC(C)CC(C(=O)NCNC(=O)C(CC(C)C)C(C)C)C(C)C. The van der Waals surface area contributed by atoms with Crippen LogP contribution in [-0.2, 0) is 9.59 Å². The van der Waals surface area contributed by atoms with Gasteiger partial charge in [0.15, 0.2) is 0 Å². The van der Waals surface area contributed by atoms with Gasteiger partial charge in [0.25, 0.3) is 0 Å². The Morgan fingerprint density at radius 3 is 1.17 bits per heavy atom. The molecule has 0 saturated heterocycles. The molecule has 23 heavy (non-hydrogen) atoms. The van der Waals surface area contributed by atoms with Crippen molar-refractivity contribution in [3.8, 4) is 0 Å². The number of rotatable bonds is 10. The summed E-state index contributed by atoms with van der Waals surface area (Å²) in [5, 5.41) is 5.75. The summed E-state index contributed by atoms with van der Waals surface area (Å²) in [6.07, 6.45) is 1.75. The van der Waals surface area contributed by atoms with Crippen LogP contribution in [0.5, 0.6) is 0 Å². The Bertz CT molecular complexity index is 328. The largest absolute Gasteiger partial charge is 0.338 e. The van der Waals surface area contributed by atoms with Gasteiger partial charge in [-0.05, 0) is 36.5 Å². The molecule has 0 saturated carbocycles. The number of hydrogen-bond acceptors (Lipinski definition) is 2. The summed E-state index contributed by atoms with van der Waals surface area (Å²) in [5.74, 6) is 1.66. The van der Waals surface area contributed by atoms with Crippen LogP contribution in [0.3, 0.4) is 0 Å². The molecule has 0 aromatic rings. The third-order valence-electron chi connectivity index (χ3n) is 4.26. The van der Waals surface area contributed by atoms with Gasteiger partial charge in [-0.2, -0.15) is 0 Å². The average molecular weight is 327 g/mol. The summed E-state index contributed by atoms with van der Waals surface area (Å²) in [7, 11) is 0. The van der Waals surface area contributed by atoms with E-state index >= 15 is 0 Å². The Balaban J connectivity index is 4.45. The van der Waals surface area contributed by atoms with Gasteiger partial charge in [-0.1, -0.05) is 55.4 Å². The van der Waals surface area contributed by atoms with Crippen LogP contribution in [0.15, 0.2) is 0 Å². The lowest BCUT2D eigenvalue weighted by atomic mass is 9.86. The number of nitrogens with one attached hydrogen (secondary N) is 2. The van der Waals surface area contributed by atoms with Gasteiger partial charge in [-0.25, -0.2) is 0 Å². The standard InChI is InChI=1S/C19H38N2O2/c1-12(2)9-16(14(5)6)18(22)20-11-21-19(23)17(15(7)8)10-13(3)4/h12-17H,9-11H2,1-8H3,(H,20,22)(H,21,23). The van der Waals surface area contributed by atoms with E-state index in [4.69, 9.17) is 0 Å². The molecule has 0 aliphatic heterocycles. The zero-order chi connectivity index (χ0) is 18.2. The van der Waals surface area contributed by atoms with E-state index in [2.05, 4.69) is 66.0 Å². The van der Waals surface area contributed by atoms with Gasteiger partial charge in [-0.3, -0.25) is 9.59 Å². The van der Waals surface area contributed by atoms with Crippen LogP contribution >= 0.6 is 0 Å². The lowest BCUT2D eigenvalue weighted by molar-refractivity contribution is -0.128. The summed E-state index contributed by atoms with van der Waals surface area (Å²) < 4.78 is 0. The smallest absolute Gasteiger partial charge is 0.224 e. The zero-order valence-corrected chi connectivity index (χ0v) is 16.4. The van der Waals surface area contributed by atoms with Crippen molar-refractivity contribution in [2.45, 2.75) is 68.2 Å². The Kier molecular flexibility index (Phi) is 10.2. The minimum absolute atomic E-state index is 0.00321. The van der Waals surface area contributed by atoms with E-state index in [9.17, 15) is 9.59 Å². The van der Waals surface area contributed by atoms with Crippen LogP contribution in [0.4, 0.5) is 0 Å². The van der Waals surface area contributed by atoms with Crippen LogP contribution in [-0.4, -0.2) is 18.5 Å². The van der Waals surface area contributed by atoms with Crippen LogP contribution in [0.25, 0.3) is 0 Å². The Morgan fingerprint density at radius 2 is 0.957 bits per heavy atom. The molecule has 4 nitrogen and oxygen atoms in total. The van der Waals surface area contributed by atoms with Crippen molar-refractivity contribution in [2.75, 3.05) is 6.67 Å². The van der Waals surface area contributed by atoms with Crippen molar-refractivity contribution >= 4 is 11.8 Å². The van der Waals surface area contributed by atoms with Gasteiger partial charge in [0.05, 0.1) is 6.67 Å². The molecular weight excluding hydrogens is 288 g/mol. The molecule has 2 unspecified atom stereocenters. The maximum atomic E-state index is 12.3. The number of carbonyl (C=O) groups excluding carboxylic acids is 2. The molecule has 0 aromatic heterocycles. The molecule has 0 aliphatic rings. The first-order chi connectivity index (χ1) is 10.6. The second-order valence-electron chi connectivity index (χ2n) is 8.22. The lowest BCUT2D eigenvalue weighted by Gasteiger charge is -2.24.